The second-order valence-corrected chi connectivity index (χ2v) is 6.49. The highest BCUT2D eigenvalue weighted by Gasteiger charge is 2.35. The maximum absolute atomic E-state index is 12.7. The summed E-state index contributed by atoms with van der Waals surface area (Å²) in [4.78, 5) is 10.1. The van der Waals surface area contributed by atoms with Crippen LogP contribution in [0.15, 0.2) is 17.1 Å². The summed E-state index contributed by atoms with van der Waals surface area (Å²) in [6.07, 6.45) is -1.75. The van der Waals surface area contributed by atoms with E-state index in [1.807, 2.05) is 12.4 Å². The van der Waals surface area contributed by atoms with Gasteiger partial charge in [0.1, 0.15) is 5.82 Å². The van der Waals surface area contributed by atoms with Gasteiger partial charge < -0.3 is 9.47 Å². The van der Waals surface area contributed by atoms with Crippen molar-refractivity contribution in [2.24, 2.45) is 5.92 Å². The Morgan fingerprint density at radius 2 is 2.27 bits per heavy atom. The Labute approximate surface area is 130 Å². The third kappa shape index (κ3) is 3.49. The van der Waals surface area contributed by atoms with Crippen LogP contribution in [0.25, 0.3) is 0 Å². The molecule has 0 fully saturated rings. The molecule has 3 rings (SSSR count). The molecule has 3 heterocycles. The largest absolute Gasteiger partial charge is 0.434 e. The minimum absolute atomic E-state index is 0.339. The maximum atomic E-state index is 12.7. The number of thiazole rings is 1. The second kappa shape index (κ2) is 6.00. The minimum Gasteiger partial charge on any atom is -0.334 e. The van der Waals surface area contributed by atoms with Gasteiger partial charge in [-0.25, -0.2) is 9.97 Å². The lowest BCUT2D eigenvalue weighted by molar-refractivity contribution is -0.141. The zero-order valence-corrected chi connectivity index (χ0v) is 13.0. The first-order valence-electron chi connectivity index (χ1n) is 7.10. The van der Waals surface area contributed by atoms with Gasteiger partial charge in [0.2, 0.25) is 0 Å². The van der Waals surface area contributed by atoms with E-state index < -0.39 is 11.9 Å². The molecule has 22 heavy (non-hydrogen) atoms. The first-order chi connectivity index (χ1) is 10.4. The van der Waals surface area contributed by atoms with Crippen LogP contribution >= 0.6 is 11.3 Å². The monoisotopic (exact) mass is 330 g/mol. The predicted octanol–water partition coefficient (Wildman–Crippen LogP) is 3.05. The Bertz CT molecular complexity index is 621. The van der Waals surface area contributed by atoms with E-state index in [4.69, 9.17) is 0 Å². The van der Waals surface area contributed by atoms with Gasteiger partial charge in [0.05, 0.1) is 11.2 Å². The van der Waals surface area contributed by atoms with Gasteiger partial charge in [0.15, 0.2) is 5.69 Å². The van der Waals surface area contributed by atoms with Crippen LogP contribution in [0, 0.1) is 5.92 Å². The zero-order chi connectivity index (χ0) is 15.7. The molecule has 0 aromatic carbocycles. The zero-order valence-electron chi connectivity index (χ0n) is 12.2. The standard InChI is InChI=1S/C14H17F3N4S/c1-20(6-11-8-22-9-18-11)4-10-2-3-13-19-12(14(15,16)17)7-21(13)5-10/h7-10H,2-6H2,1H3/t10-/m1/s1. The molecule has 120 valence electrons. The Kier molecular flexibility index (Phi) is 4.22. The SMILES string of the molecule is CN(Cc1cscn1)C[C@H]1CCc2nc(C(F)(F)F)cn2C1. The van der Waals surface area contributed by atoms with Crippen molar-refractivity contribution in [1.29, 1.82) is 0 Å². The Hall–Kier alpha value is -1.41. The lowest BCUT2D eigenvalue weighted by atomic mass is 9.99. The van der Waals surface area contributed by atoms with Crippen molar-refractivity contribution < 1.29 is 13.2 Å². The summed E-state index contributed by atoms with van der Waals surface area (Å²) in [7, 11) is 2.02. The Morgan fingerprint density at radius 1 is 1.45 bits per heavy atom. The van der Waals surface area contributed by atoms with Crippen LogP contribution in [-0.4, -0.2) is 33.0 Å². The highest BCUT2D eigenvalue weighted by Crippen LogP contribution is 2.30. The van der Waals surface area contributed by atoms with Crippen molar-refractivity contribution >= 4 is 11.3 Å². The molecule has 0 aliphatic carbocycles. The molecule has 2 aromatic rings. The third-order valence-electron chi connectivity index (χ3n) is 3.87. The van der Waals surface area contributed by atoms with Crippen molar-refractivity contribution in [2.45, 2.75) is 32.1 Å². The van der Waals surface area contributed by atoms with Crippen molar-refractivity contribution in [3.8, 4) is 0 Å². The van der Waals surface area contributed by atoms with Crippen LogP contribution in [0.1, 0.15) is 23.6 Å². The number of hydrogen-bond acceptors (Lipinski definition) is 4. The van der Waals surface area contributed by atoms with Gasteiger partial charge in [-0.2, -0.15) is 13.2 Å². The summed E-state index contributed by atoms with van der Waals surface area (Å²) in [5.41, 5.74) is 2.06. The van der Waals surface area contributed by atoms with Crippen LogP contribution in [0.5, 0.6) is 0 Å². The van der Waals surface area contributed by atoms with Crippen molar-refractivity contribution in [2.75, 3.05) is 13.6 Å². The summed E-state index contributed by atoms with van der Waals surface area (Å²) < 4.78 is 39.8. The van der Waals surface area contributed by atoms with Crippen molar-refractivity contribution in [3.05, 3.63) is 34.3 Å². The van der Waals surface area contributed by atoms with Crippen LogP contribution in [-0.2, 0) is 25.7 Å². The number of aryl methyl sites for hydroxylation is 1. The van der Waals surface area contributed by atoms with Crippen LogP contribution in [0.4, 0.5) is 13.2 Å². The molecule has 1 aliphatic rings. The van der Waals surface area contributed by atoms with E-state index in [9.17, 15) is 13.2 Å². The molecule has 0 saturated carbocycles. The second-order valence-electron chi connectivity index (χ2n) is 5.77. The first kappa shape index (κ1) is 15.5. The molecule has 1 atom stereocenters. The van der Waals surface area contributed by atoms with Gasteiger partial charge in [-0.05, 0) is 19.4 Å². The number of nitrogens with zero attached hydrogens (tertiary/aromatic N) is 4. The summed E-state index contributed by atoms with van der Waals surface area (Å²) >= 11 is 1.57. The molecular weight excluding hydrogens is 313 g/mol. The first-order valence-corrected chi connectivity index (χ1v) is 8.05. The number of fused-ring (bicyclic) bond motifs is 1. The normalized spacial score (nSPS) is 18.7. The van der Waals surface area contributed by atoms with E-state index >= 15 is 0 Å². The Morgan fingerprint density at radius 3 is 2.95 bits per heavy atom. The molecule has 4 nitrogen and oxygen atoms in total. The van der Waals surface area contributed by atoms with Gasteiger partial charge in [-0.3, -0.25) is 0 Å². The Balaban J connectivity index is 1.60. The smallest absolute Gasteiger partial charge is 0.334 e. The minimum atomic E-state index is -4.36. The van der Waals surface area contributed by atoms with Gasteiger partial charge in [0.25, 0.3) is 0 Å². The average Bonchev–Trinajstić information content (AvgIpc) is 3.06. The molecule has 0 N–H and O–H groups in total. The molecule has 8 heteroatoms. The van der Waals surface area contributed by atoms with E-state index in [2.05, 4.69) is 14.9 Å². The predicted molar refractivity (Wildman–Crippen MR) is 77.5 cm³/mol. The quantitative estimate of drug-likeness (QED) is 0.864. The number of alkyl halides is 3. The van der Waals surface area contributed by atoms with Gasteiger partial charge in [-0.1, -0.05) is 0 Å². The number of aromatic nitrogens is 3. The fourth-order valence-electron chi connectivity index (χ4n) is 2.90. The molecule has 0 saturated heterocycles. The average molecular weight is 330 g/mol. The topological polar surface area (TPSA) is 34.0 Å². The van der Waals surface area contributed by atoms with Gasteiger partial charge in [-0.15, -0.1) is 11.3 Å². The summed E-state index contributed by atoms with van der Waals surface area (Å²) in [6, 6.07) is 0. The maximum Gasteiger partial charge on any atom is 0.434 e. The van der Waals surface area contributed by atoms with E-state index in [0.29, 0.717) is 24.7 Å². The highest BCUT2D eigenvalue weighted by atomic mass is 32.1. The van der Waals surface area contributed by atoms with Crippen LogP contribution in [0.2, 0.25) is 0 Å². The van der Waals surface area contributed by atoms with E-state index in [1.165, 1.54) is 0 Å². The van der Waals surface area contributed by atoms with Crippen LogP contribution < -0.4 is 0 Å². The molecule has 2 aromatic heterocycles. The lowest BCUT2D eigenvalue weighted by Crippen LogP contribution is -2.31. The molecule has 1 aliphatic heterocycles. The third-order valence-corrected chi connectivity index (χ3v) is 4.50. The number of rotatable bonds is 4. The van der Waals surface area contributed by atoms with E-state index in [-0.39, 0.29) is 0 Å². The lowest BCUT2D eigenvalue weighted by Gasteiger charge is -2.27. The molecule has 0 radical (unpaired) electrons. The van der Waals surface area contributed by atoms with E-state index in [1.54, 1.807) is 21.4 Å². The molecule has 0 unspecified atom stereocenters. The summed E-state index contributed by atoms with van der Waals surface area (Å²) in [5.74, 6) is 0.886. The van der Waals surface area contributed by atoms with Gasteiger partial charge >= 0.3 is 6.18 Å². The van der Waals surface area contributed by atoms with E-state index in [0.717, 1.165) is 31.4 Å². The summed E-state index contributed by atoms with van der Waals surface area (Å²) in [6.45, 7) is 2.21. The molecular formula is C14H17F3N4S. The molecule has 0 spiro atoms. The van der Waals surface area contributed by atoms with Crippen molar-refractivity contribution in [3.63, 3.8) is 0 Å². The fraction of sp³-hybridized carbons (Fsp3) is 0.571. The fourth-order valence-corrected chi connectivity index (χ4v) is 3.45. The number of hydrogen-bond donors (Lipinski definition) is 0. The van der Waals surface area contributed by atoms with Gasteiger partial charge in [0, 0.05) is 37.6 Å². The molecule has 0 amide bonds. The number of halogens is 3. The summed E-state index contributed by atoms with van der Waals surface area (Å²) in [5, 5.41) is 2.01. The highest BCUT2D eigenvalue weighted by molar-refractivity contribution is 7.07. The van der Waals surface area contributed by atoms with Crippen molar-refractivity contribution in [1.82, 2.24) is 19.4 Å². The van der Waals surface area contributed by atoms with Crippen LogP contribution in [0.3, 0.4) is 0 Å². The molecule has 0 bridgehead atoms. The number of imidazole rings is 1.